The molecule has 1 aliphatic rings. The number of pyridine rings is 2. The molecule has 1 aliphatic heterocycles. The number of nitrogens with one attached hydrogen (secondary N) is 1. The van der Waals surface area contributed by atoms with Gasteiger partial charge in [0.25, 0.3) is 0 Å². The Hall–Kier alpha value is -3.23. The fraction of sp³-hybridized carbons (Fsp3) is 0.353. The maximum absolute atomic E-state index is 12.3. The van der Waals surface area contributed by atoms with Crippen LogP contribution in [-0.2, 0) is 4.79 Å². The second kappa shape index (κ2) is 8.24. The molecule has 0 radical (unpaired) electrons. The monoisotopic (exact) mass is 356 g/mol. The molecule has 2 aromatic heterocycles. The molecule has 0 aromatic carbocycles. The quantitative estimate of drug-likeness (QED) is 0.618. The normalized spacial score (nSPS) is 14.2. The largest absolute Gasteiger partial charge is 0.364 e. The molecule has 1 amide bonds. The van der Waals surface area contributed by atoms with Crippen molar-refractivity contribution in [1.29, 1.82) is 0 Å². The Morgan fingerprint density at radius 3 is 2.58 bits per heavy atom. The zero-order valence-electron chi connectivity index (χ0n) is 14.2. The molecule has 1 fully saturated rings. The molecule has 0 spiro atoms. The number of nitro groups is 1. The Bertz CT molecular complexity index is 762. The highest BCUT2D eigenvalue weighted by atomic mass is 16.6. The predicted octanol–water partition coefficient (Wildman–Crippen LogP) is 1.54. The van der Waals surface area contributed by atoms with Gasteiger partial charge in [0, 0.05) is 57.6 Å². The van der Waals surface area contributed by atoms with Crippen molar-refractivity contribution in [2.75, 3.05) is 42.9 Å². The van der Waals surface area contributed by atoms with Crippen LogP contribution in [0.2, 0.25) is 0 Å². The van der Waals surface area contributed by atoms with Gasteiger partial charge in [0.1, 0.15) is 5.82 Å². The van der Waals surface area contributed by atoms with Gasteiger partial charge in [-0.25, -0.2) is 9.97 Å². The SMILES string of the molecule is O=C(CCNc1ncccc1[N+](=O)[O-])N1CCN(c2ccccn2)CC1. The van der Waals surface area contributed by atoms with E-state index in [1.54, 1.807) is 6.20 Å². The van der Waals surface area contributed by atoms with Crippen molar-refractivity contribution in [2.24, 2.45) is 0 Å². The predicted molar refractivity (Wildman–Crippen MR) is 97.0 cm³/mol. The van der Waals surface area contributed by atoms with Crippen molar-refractivity contribution in [3.63, 3.8) is 0 Å². The summed E-state index contributed by atoms with van der Waals surface area (Å²) in [5.74, 6) is 1.13. The molecule has 136 valence electrons. The first-order chi connectivity index (χ1) is 12.6. The minimum absolute atomic E-state index is 0.0248. The molecule has 0 unspecified atom stereocenters. The molecular weight excluding hydrogens is 336 g/mol. The van der Waals surface area contributed by atoms with Gasteiger partial charge in [-0.3, -0.25) is 14.9 Å². The molecule has 9 heteroatoms. The maximum Gasteiger partial charge on any atom is 0.311 e. The standard InChI is InChI=1S/C17H20N6O3/c24-16(6-9-20-17-14(23(25)26)4-3-8-19-17)22-12-10-21(11-13-22)15-5-1-2-7-18-15/h1-5,7-8H,6,9-13H2,(H,19,20). The van der Waals surface area contributed by atoms with Gasteiger partial charge in [-0.1, -0.05) is 6.07 Å². The third-order valence-electron chi connectivity index (χ3n) is 4.22. The minimum atomic E-state index is -0.492. The minimum Gasteiger partial charge on any atom is -0.364 e. The highest BCUT2D eigenvalue weighted by molar-refractivity contribution is 5.77. The summed E-state index contributed by atoms with van der Waals surface area (Å²) in [6.45, 7) is 3.05. The van der Waals surface area contributed by atoms with Crippen LogP contribution >= 0.6 is 0 Å². The summed E-state index contributed by atoms with van der Waals surface area (Å²) in [5.41, 5.74) is -0.0936. The Balaban J connectivity index is 1.46. The van der Waals surface area contributed by atoms with Gasteiger partial charge < -0.3 is 15.1 Å². The lowest BCUT2D eigenvalue weighted by atomic mass is 10.2. The number of hydrogen-bond donors (Lipinski definition) is 1. The Morgan fingerprint density at radius 1 is 1.12 bits per heavy atom. The van der Waals surface area contributed by atoms with E-state index in [4.69, 9.17) is 0 Å². The molecule has 1 N–H and O–H groups in total. The highest BCUT2D eigenvalue weighted by Crippen LogP contribution is 2.20. The fourth-order valence-electron chi connectivity index (χ4n) is 2.85. The molecule has 0 bridgehead atoms. The van der Waals surface area contributed by atoms with E-state index in [9.17, 15) is 14.9 Å². The van der Waals surface area contributed by atoms with Crippen LogP contribution in [0.1, 0.15) is 6.42 Å². The molecule has 2 aromatic rings. The van der Waals surface area contributed by atoms with Gasteiger partial charge >= 0.3 is 5.69 Å². The average molecular weight is 356 g/mol. The van der Waals surface area contributed by atoms with Crippen molar-refractivity contribution in [3.05, 3.63) is 52.8 Å². The van der Waals surface area contributed by atoms with Crippen LogP contribution in [0, 0.1) is 10.1 Å². The lowest BCUT2D eigenvalue weighted by molar-refractivity contribution is -0.384. The lowest BCUT2D eigenvalue weighted by Crippen LogP contribution is -2.49. The first-order valence-corrected chi connectivity index (χ1v) is 8.42. The van der Waals surface area contributed by atoms with Crippen molar-refractivity contribution in [3.8, 4) is 0 Å². The van der Waals surface area contributed by atoms with Gasteiger partial charge in [0.2, 0.25) is 11.7 Å². The zero-order valence-corrected chi connectivity index (χ0v) is 14.2. The maximum atomic E-state index is 12.3. The van der Waals surface area contributed by atoms with Crippen molar-refractivity contribution >= 4 is 23.2 Å². The number of nitrogens with zero attached hydrogens (tertiary/aromatic N) is 5. The second-order valence-electron chi connectivity index (χ2n) is 5.86. The molecule has 26 heavy (non-hydrogen) atoms. The van der Waals surface area contributed by atoms with E-state index >= 15 is 0 Å². The van der Waals surface area contributed by atoms with E-state index in [1.807, 2.05) is 23.1 Å². The first-order valence-electron chi connectivity index (χ1n) is 8.42. The number of aromatic nitrogens is 2. The summed E-state index contributed by atoms with van der Waals surface area (Å²) >= 11 is 0. The molecule has 3 rings (SSSR count). The highest BCUT2D eigenvalue weighted by Gasteiger charge is 2.22. The number of carbonyl (C=O) groups excluding carboxylic acids is 1. The number of rotatable bonds is 6. The third kappa shape index (κ3) is 4.24. The first kappa shape index (κ1) is 17.6. The van der Waals surface area contributed by atoms with Crippen LogP contribution in [0.3, 0.4) is 0 Å². The molecule has 1 saturated heterocycles. The number of piperazine rings is 1. The molecular formula is C17H20N6O3. The van der Waals surface area contributed by atoms with Gasteiger partial charge in [-0.15, -0.1) is 0 Å². The molecule has 9 nitrogen and oxygen atoms in total. The summed E-state index contributed by atoms with van der Waals surface area (Å²) in [5, 5.41) is 13.8. The van der Waals surface area contributed by atoms with Crippen molar-refractivity contribution in [2.45, 2.75) is 6.42 Å². The zero-order chi connectivity index (χ0) is 18.4. The Morgan fingerprint density at radius 2 is 1.88 bits per heavy atom. The number of carbonyl (C=O) groups is 1. The Kier molecular flexibility index (Phi) is 5.57. The summed E-state index contributed by atoms with van der Waals surface area (Å²) in [6.07, 6.45) is 3.50. The van der Waals surface area contributed by atoms with E-state index < -0.39 is 4.92 Å². The van der Waals surface area contributed by atoms with E-state index in [0.29, 0.717) is 19.6 Å². The number of hydrogen-bond acceptors (Lipinski definition) is 7. The van der Waals surface area contributed by atoms with Gasteiger partial charge in [-0.2, -0.15) is 0 Å². The van der Waals surface area contributed by atoms with Crippen LogP contribution in [0.15, 0.2) is 42.7 Å². The van der Waals surface area contributed by atoms with Crippen LogP contribution in [0.25, 0.3) is 0 Å². The molecule has 0 saturated carbocycles. The summed E-state index contributed by atoms with van der Waals surface area (Å²) in [4.78, 5) is 35.1. The van der Waals surface area contributed by atoms with Gasteiger partial charge in [0.15, 0.2) is 0 Å². The lowest BCUT2D eigenvalue weighted by Gasteiger charge is -2.35. The number of amides is 1. The van der Waals surface area contributed by atoms with Crippen LogP contribution in [0.4, 0.5) is 17.3 Å². The topological polar surface area (TPSA) is 104 Å². The van der Waals surface area contributed by atoms with Crippen LogP contribution < -0.4 is 10.2 Å². The van der Waals surface area contributed by atoms with Crippen molar-refractivity contribution < 1.29 is 9.72 Å². The van der Waals surface area contributed by atoms with Crippen LogP contribution in [-0.4, -0.2) is 58.4 Å². The summed E-state index contributed by atoms with van der Waals surface area (Å²) in [6, 6.07) is 8.68. The molecule has 0 atom stereocenters. The fourth-order valence-corrected chi connectivity index (χ4v) is 2.85. The Labute approximate surface area is 150 Å². The summed E-state index contributed by atoms with van der Waals surface area (Å²) in [7, 11) is 0. The molecule has 0 aliphatic carbocycles. The van der Waals surface area contributed by atoms with Crippen molar-refractivity contribution in [1.82, 2.24) is 14.9 Å². The summed E-state index contributed by atoms with van der Waals surface area (Å²) < 4.78 is 0. The van der Waals surface area contributed by atoms with E-state index in [1.165, 1.54) is 18.3 Å². The van der Waals surface area contributed by atoms with Crippen LogP contribution in [0.5, 0.6) is 0 Å². The average Bonchev–Trinajstić information content (AvgIpc) is 2.69. The third-order valence-corrected chi connectivity index (χ3v) is 4.22. The smallest absolute Gasteiger partial charge is 0.311 e. The van der Waals surface area contributed by atoms with E-state index in [-0.39, 0.29) is 23.8 Å². The van der Waals surface area contributed by atoms with Gasteiger partial charge in [0.05, 0.1) is 4.92 Å². The van der Waals surface area contributed by atoms with Gasteiger partial charge in [-0.05, 0) is 18.2 Å². The number of anilines is 2. The van der Waals surface area contributed by atoms with E-state index in [2.05, 4.69) is 20.2 Å². The second-order valence-corrected chi connectivity index (χ2v) is 5.86. The molecule has 3 heterocycles. The van der Waals surface area contributed by atoms with E-state index in [0.717, 1.165) is 18.9 Å².